The van der Waals surface area contributed by atoms with Gasteiger partial charge in [-0.3, -0.25) is 0 Å². The molecule has 1 aromatic heterocycles. The van der Waals surface area contributed by atoms with Crippen LogP contribution in [0.1, 0.15) is 28.1 Å². The molecule has 2 rings (SSSR count). The first kappa shape index (κ1) is 14.5. The van der Waals surface area contributed by atoms with Gasteiger partial charge in [-0.15, -0.1) is 11.3 Å². The molecule has 1 heterocycles. The molecular weight excluding hydrogens is 270 g/mol. The molecule has 0 aliphatic rings. The Bertz CT molecular complexity index is 607. The number of benzene rings is 1. The van der Waals surface area contributed by atoms with E-state index in [1.807, 2.05) is 38.1 Å². The Labute approximate surface area is 123 Å². The van der Waals surface area contributed by atoms with E-state index < -0.39 is 0 Å². The molecule has 2 amide bonds. The van der Waals surface area contributed by atoms with E-state index in [-0.39, 0.29) is 6.03 Å². The molecule has 106 valence electrons. The molecular formula is C15H19N3OS. The molecule has 0 radical (unpaired) electrons. The van der Waals surface area contributed by atoms with Crippen LogP contribution in [0.4, 0.5) is 10.5 Å². The molecule has 0 aliphatic carbocycles. The Morgan fingerprint density at radius 1 is 1.30 bits per heavy atom. The maximum absolute atomic E-state index is 11.9. The Hall–Kier alpha value is -1.88. The van der Waals surface area contributed by atoms with Crippen LogP contribution in [0.5, 0.6) is 0 Å². The monoisotopic (exact) mass is 289 g/mol. The number of anilines is 1. The van der Waals surface area contributed by atoms with E-state index in [4.69, 9.17) is 0 Å². The van der Waals surface area contributed by atoms with E-state index in [1.54, 1.807) is 11.3 Å². The normalized spacial score (nSPS) is 10.3. The lowest BCUT2D eigenvalue weighted by Crippen LogP contribution is -2.28. The standard InChI is InChI=1S/C15H19N3OS/c1-4-12-7-5-6-8-13(12)18-15(19)16-9-14-10(2)17-11(3)20-14/h5-8H,4,9H2,1-3H3,(H2,16,18,19). The van der Waals surface area contributed by atoms with Crippen molar-refractivity contribution >= 4 is 23.1 Å². The highest BCUT2D eigenvalue weighted by Crippen LogP contribution is 2.17. The minimum Gasteiger partial charge on any atom is -0.333 e. The number of para-hydroxylation sites is 1. The minimum absolute atomic E-state index is 0.184. The van der Waals surface area contributed by atoms with Crippen molar-refractivity contribution < 1.29 is 4.79 Å². The van der Waals surface area contributed by atoms with Crippen molar-refractivity contribution in [3.63, 3.8) is 0 Å². The Balaban J connectivity index is 1.94. The van der Waals surface area contributed by atoms with Crippen LogP contribution in [0, 0.1) is 13.8 Å². The van der Waals surface area contributed by atoms with Gasteiger partial charge in [0.05, 0.1) is 17.2 Å². The SMILES string of the molecule is CCc1ccccc1NC(=O)NCc1sc(C)nc1C. The number of urea groups is 1. The first-order chi connectivity index (χ1) is 9.60. The zero-order valence-corrected chi connectivity index (χ0v) is 12.8. The van der Waals surface area contributed by atoms with Crippen LogP contribution in [0.3, 0.4) is 0 Å². The molecule has 0 unspecified atom stereocenters. The molecule has 5 heteroatoms. The van der Waals surface area contributed by atoms with Crippen LogP contribution in [-0.4, -0.2) is 11.0 Å². The van der Waals surface area contributed by atoms with Crippen LogP contribution >= 0.6 is 11.3 Å². The average molecular weight is 289 g/mol. The summed E-state index contributed by atoms with van der Waals surface area (Å²) in [6.45, 7) is 6.52. The molecule has 0 saturated carbocycles. The van der Waals surface area contributed by atoms with E-state index in [0.717, 1.165) is 33.3 Å². The third-order valence-corrected chi connectivity index (χ3v) is 4.13. The summed E-state index contributed by atoms with van der Waals surface area (Å²) >= 11 is 1.62. The van der Waals surface area contributed by atoms with Crippen LogP contribution in [0.2, 0.25) is 0 Å². The second-order valence-electron chi connectivity index (χ2n) is 4.56. The third kappa shape index (κ3) is 3.57. The molecule has 20 heavy (non-hydrogen) atoms. The smallest absolute Gasteiger partial charge is 0.319 e. The summed E-state index contributed by atoms with van der Waals surface area (Å²) in [7, 11) is 0. The molecule has 0 aliphatic heterocycles. The fraction of sp³-hybridized carbons (Fsp3) is 0.333. The molecule has 2 aromatic rings. The van der Waals surface area contributed by atoms with E-state index in [2.05, 4.69) is 22.5 Å². The zero-order valence-electron chi connectivity index (χ0n) is 12.0. The average Bonchev–Trinajstić information content (AvgIpc) is 2.75. The number of nitrogens with one attached hydrogen (secondary N) is 2. The number of hydrogen-bond acceptors (Lipinski definition) is 3. The van der Waals surface area contributed by atoms with E-state index in [9.17, 15) is 4.79 Å². The fourth-order valence-corrected chi connectivity index (χ4v) is 2.89. The molecule has 0 bridgehead atoms. The number of amides is 2. The van der Waals surface area contributed by atoms with Gasteiger partial charge in [0, 0.05) is 10.6 Å². The van der Waals surface area contributed by atoms with Gasteiger partial charge in [-0.1, -0.05) is 25.1 Å². The lowest BCUT2D eigenvalue weighted by Gasteiger charge is -2.10. The van der Waals surface area contributed by atoms with Crippen molar-refractivity contribution in [1.29, 1.82) is 0 Å². The minimum atomic E-state index is -0.184. The van der Waals surface area contributed by atoms with Crippen molar-refractivity contribution in [3.05, 3.63) is 45.4 Å². The second kappa shape index (κ2) is 6.52. The van der Waals surface area contributed by atoms with Crippen LogP contribution in [-0.2, 0) is 13.0 Å². The van der Waals surface area contributed by atoms with Gasteiger partial charge in [-0.05, 0) is 31.9 Å². The first-order valence-corrected chi connectivity index (χ1v) is 7.47. The summed E-state index contributed by atoms with van der Waals surface area (Å²) < 4.78 is 0. The fourth-order valence-electron chi connectivity index (χ4n) is 2.02. The van der Waals surface area contributed by atoms with E-state index in [1.165, 1.54) is 0 Å². The number of carbonyl (C=O) groups is 1. The summed E-state index contributed by atoms with van der Waals surface area (Å²) in [5, 5.41) is 6.79. The molecule has 0 spiro atoms. The highest BCUT2D eigenvalue weighted by Gasteiger charge is 2.08. The molecule has 1 aromatic carbocycles. The van der Waals surface area contributed by atoms with Gasteiger partial charge in [0.25, 0.3) is 0 Å². The lowest BCUT2D eigenvalue weighted by atomic mass is 10.1. The number of thiazole rings is 1. The summed E-state index contributed by atoms with van der Waals surface area (Å²) in [6.07, 6.45) is 0.892. The van der Waals surface area contributed by atoms with Crippen LogP contribution < -0.4 is 10.6 Å². The van der Waals surface area contributed by atoms with Crippen molar-refractivity contribution in [2.24, 2.45) is 0 Å². The number of aromatic nitrogens is 1. The largest absolute Gasteiger partial charge is 0.333 e. The van der Waals surface area contributed by atoms with Gasteiger partial charge in [-0.25, -0.2) is 9.78 Å². The van der Waals surface area contributed by atoms with Gasteiger partial charge in [0.15, 0.2) is 0 Å². The van der Waals surface area contributed by atoms with Gasteiger partial charge >= 0.3 is 6.03 Å². The molecule has 4 nitrogen and oxygen atoms in total. The second-order valence-corrected chi connectivity index (χ2v) is 5.85. The van der Waals surface area contributed by atoms with Gasteiger partial charge in [-0.2, -0.15) is 0 Å². The highest BCUT2D eigenvalue weighted by atomic mass is 32.1. The number of carbonyl (C=O) groups excluding carboxylic acids is 1. The van der Waals surface area contributed by atoms with Gasteiger partial charge < -0.3 is 10.6 Å². The zero-order chi connectivity index (χ0) is 14.5. The van der Waals surface area contributed by atoms with E-state index >= 15 is 0 Å². The number of aryl methyl sites for hydroxylation is 3. The van der Waals surface area contributed by atoms with E-state index in [0.29, 0.717) is 6.54 Å². The Kier molecular flexibility index (Phi) is 4.74. The number of rotatable bonds is 4. The highest BCUT2D eigenvalue weighted by molar-refractivity contribution is 7.11. The predicted molar refractivity (Wildman–Crippen MR) is 83.3 cm³/mol. The van der Waals surface area contributed by atoms with Crippen LogP contribution in [0.15, 0.2) is 24.3 Å². The summed E-state index contributed by atoms with van der Waals surface area (Å²) in [5.41, 5.74) is 2.99. The van der Waals surface area contributed by atoms with Crippen molar-refractivity contribution in [2.75, 3.05) is 5.32 Å². The first-order valence-electron chi connectivity index (χ1n) is 6.65. The van der Waals surface area contributed by atoms with Crippen molar-refractivity contribution in [1.82, 2.24) is 10.3 Å². The molecule has 0 saturated heterocycles. The summed E-state index contributed by atoms with van der Waals surface area (Å²) in [5.74, 6) is 0. The summed E-state index contributed by atoms with van der Waals surface area (Å²) in [6, 6.07) is 7.65. The Morgan fingerprint density at radius 3 is 2.70 bits per heavy atom. The lowest BCUT2D eigenvalue weighted by molar-refractivity contribution is 0.252. The predicted octanol–water partition coefficient (Wildman–Crippen LogP) is 3.64. The quantitative estimate of drug-likeness (QED) is 0.902. The summed E-state index contributed by atoms with van der Waals surface area (Å²) in [4.78, 5) is 17.4. The Morgan fingerprint density at radius 2 is 2.05 bits per heavy atom. The van der Waals surface area contributed by atoms with Crippen molar-refractivity contribution in [2.45, 2.75) is 33.7 Å². The maximum Gasteiger partial charge on any atom is 0.319 e. The maximum atomic E-state index is 11.9. The van der Waals surface area contributed by atoms with Gasteiger partial charge in [0.2, 0.25) is 0 Å². The van der Waals surface area contributed by atoms with Gasteiger partial charge in [0.1, 0.15) is 0 Å². The topological polar surface area (TPSA) is 54.0 Å². The molecule has 0 fully saturated rings. The van der Waals surface area contributed by atoms with Crippen molar-refractivity contribution in [3.8, 4) is 0 Å². The number of nitrogens with zero attached hydrogens (tertiary/aromatic N) is 1. The molecule has 0 atom stereocenters. The third-order valence-electron chi connectivity index (χ3n) is 3.06. The van der Waals surface area contributed by atoms with Crippen LogP contribution in [0.25, 0.3) is 0 Å². The number of hydrogen-bond donors (Lipinski definition) is 2. The molecule has 2 N–H and O–H groups in total.